The van der Waals surface area contributed by atoms with Crippen LogP contribution in [0.1, 0.15) is 379 Å². The Morgan fingerprint density at radius 2 is 0.572 bits per heavy atom. The van der Waals surface area contributed by atoms with Crippen LogP contribution in [0.4, 0.5) is 0 Å². The molecule has 0 N–H and O–H groups in total. The number of rotatable bonds is 28. The molecule has 0 spiro atoms. The monoisotopic (exact) mass is 1850 g/mol. The second-order valence-corrected chi connectivity index (χ2v) is 41.6. The van der Waals surface area contributed by atoms with Crippen LogP contribution in [0.3, 0.4) is 0 Å². The molecule has 15 rings (SSSR count). The molecule has 0 unspecified atom stereocenters. The van der Waals surface area contributed by atoms with E-state index in [1.807, 2.05) is 0 Å². The van der Waals surface area contributed by atoms with Gasteiger partial charge in [0.25, 0.3) is 0 Å². The summed E-state index contributed by atoms with van der Waals surface area (Å²) in [5.74, 6) is 4.02. The highest BCUT2D eigenvalue weighted by atomic mass is 15.1. The lowest BCUT2D eigenvalue weighted by atomic mass is 9.88. The normalized spacial score (nSPS) is 12.3. The molecule has 0 aliphatic heterocycles. The first-order chi connectivity index (χ1) is 65.6. The van der Waals surface area contributed by atoms with Gasteiger partial charge in [0.15, 0.2) is 0 Å². The van der Waals surface area contributed by atoms with Crippen molar-refractivity contribution in [3.8, 4) is 0 Å². The predicted octanol–water partition coefficient (Wildman–Crippen LogP) is 29.9. The molecule has 2 atom stereocenters. The molecule has 728 valence electrons. The van der Waals surface area contributed by atoms with Gasteiger partial charge in [-0.15, -0.1) is 0 Å². The maximum atomic E-state index is 4.44. The van der Waals surface area contributed by atoms with E-state index in [-0.39, 0.29) is 0 Å². The Morgan fingerprint density at radius 3 is 0.935 bits per heavy atom. The molecule has 14 aromatic rings. The number of nitrogens with zero attached hydrogens (tertiary/aromatic N) is 14. The van der Waals surface area contributed by atoms with E-state index in [0.717, 1.165) is 150 Å². The number of benzene rings is 7. The summed E-state index contributed by atoms with van der Waals surface area (Å²) in [6.07, 6.45) is 13.4. The average molecular weight is 1850 g/mol. The first-order valence-electron chi connectivity index (χ1n) is 50.8. The molecule has 0 bridgehead atoms. The average Bonchev–Trinajstić information content (AvgIpc) is 1.61. The highest BCUT2D eigenvalue weighted by Gasteiger charge is 2.44. The van der Waals surface area contributed by atoms with E-state index in [0.29, 0.717) is 58.7 Å². The van der Waals surface area contributed by atoms with Gasteiger partial charge in [0.1, 0.15) is 0 Å². The minimum Gasteiger partial charge on any atom is -0.155 e. The zero-order valence-electron chi connectivity index (χ0n) is 89.8. The molecule has 0 radical (unpaired) electrons. The smallest absolute Gasteiger partial charge is 0.0688 e. The Bertz CT molecular complexity index is 5940. The van der Waals surface area contributed by atoms with Gasteiger partial charge >= 0.3 is 0 Å². The minimum atomic E-state index is 0.321. The summed E-state index contributed by atoms with van der Waals surface area (Å²) in [4.78, 5) is 0. The largest absolute Gasteiger partial charge is 0.155 e. The Balaban J connectivity index is 0.000000180. The van der Waals surface area contributed by atoms with E-state index in [4.69, 9.17) is 0 Å². The molecule has 0 saturated heterocycles. The van der Waals surface area contributed by atoms with Crippen molar-refractivity contribution in [1.82, 2.24) is 71.4 Å². The van der Waals surface area contributed by atoms with Crippen LogP contribution < -0.4 is 0 Å². The second-order valence-electron chi connectivity index (χ2n) is 41.6. The van der Waals surface area contributed by atoms with Crippen LogP contribution in [0, 0.1) is 104 Å². The van der Waals surface area contributed by atoms with Gasteiger partial charge in [-0.05, 0) is 378 Å². The van der Waals surface area contributed by atoms with Gasteiger partial charge in [0.05, 0.1) is 79.7 Å². The third-order valence-corrected chi connectivity index (χ3v) is 26.6. The summed E-state index contributed by atoms with van der Waals surface area (Å²) >= 11 is 0. The van der Waals surface area contributed by atoms with Crippen LogP contribution in [0.2, 0.25) is 0 Å². The summed E-state index contributed by atoms with van der Waals surface area (Å²) in [6.45, 7) is 66.9. The van der Waals surface area contributed by atoms with Crippen LogP contribution in [-0.4, -0.2) is 71.4 Å². The molecule has 14 heteroatoms. The molecule has 138 heavy (non-hydrogen) atoms. The topological polar surface area (TPSA) is 180 Å². The third kappa shape index (κ3) is 34.6. The zero-order chi connectivity index (χ0) is 101. The molecular formula is C124H162N14. The Morgan fingerprint density at radius 1 is 0.232 bits per heavy atom. The molecule has 7 heterocycles. The van der Waals surface area contributed by atoms with Crippen LogP contribution in [0.15, 0.2) is 206 Å². The van der Waals surface area contributed by atoms with Crippen molar-refractivity contribution in [1.29, 1.82) is 0 Å². The molecule has 1 saturated carbocycles. The molecule has 1 fully saturated rings. The van der Waals surface area contributed by atoms with Crippen molar-refractivity contribution >= 4 is 0 Å². The van der Waals surface area contributed by atoms with Crippen LogP contribution >= 0.6 is 0 Å². The Labute approximate surface area is 831 Å². The lowest BCUT2D eigenvalue weighted by molar-refractivity contribution is 0.655. The fourth-order valence-corrected chi connectivity index (χ4v) is 17.3. The van der Waals surface area contributed by atoms with Crippen molar-refractivity contribution < 1.29 is 0 Å². The van der Waals surface area contributed by atoms with E-state index in [1.165, 1.54) is 135 Å². The summed E-state index contributed by atoms with van der Waals surface area (Å²) in [6, 6.07) is 74.2. The number of hydrogen-bond acceptors (Lipinski definition) is 14. The van der Waals surface area contributed by atoms with E-state index in [2.05, 4.69) is 492 Å². The minimum absolute atomic E-state index is 0.321. The van der Waals surface area contributed by atoms with Crippen molar-refractivity contribution in [2.45, 2.75) is 357 Å². The van der Waals surface area contributed by atoms with Gasteiger partial charge in [0.2, 0.25) is 0 Å². The molecule has 1 aliphatic rings. The van der Waals surface area contributed by atoms with Crippen molar-refractivity contribution in [2.24, 2.45) is 0 Å². The summed E-state index contributed by atoms with van der Waals surface area (Å²) in [5.41, 5.74) is 45.2. The fraction of sp³-hybridized carbons (Fsp3) is 0.435. The first kappa shape index (κ1) is 110. The summed E-state index contributed by atoms with van der Waals surface area (Å²) < 4.78 is 0. The van der Waals surface area contributed by atoms with Crippen LogP contribution in [0.25, 0.3) is 0 Å². The quantitative estimate of drug-likeness (QED) is 0.0452. The lowest BCUT2D eigenvalue weighted by Crippen LogP contribution is -2.12. The second kappa shape index (κ2) is 53.3. The third-order valence-electron chi connectivity index (χ3n) is 26.6. The van der Waals surface area contributed by atoms with Crippen LogP contribution in [-0.2, 0) is 76.0 Å². The Kier molecular flexibility index (Phi) is 42.4. The highest BCUT2D eigenvalue weighted by molar-refractivity contribution is 5.42. The van der Waals surface area contributed by atoms with E-state index >= 15 is 0 Å². The molecular weight excluding hydrogens is 1690 g/mol. The summed E-state index contributed by atoms with van der Waals surface area (Å²) in [5, 5.41) is 61.0. The first-order valence-corrected chi connectivity index (χ1v) is 50.8. The SMILES string of the molecule is Cc1cc(C)c([C@H](C)Cc2ccc(C(C)C)nn2)c(C)c1.Cc1ccc(C2(Cc3ccc(C(C)C)nn3)CC2)cc1.Cc1ccc(CCc2ccc(C(C)C)nn2)c(C)c1.Cc1ccc(CCc2nnc(C(C)C)c(C)c2C)cc1.Cc1ccc(CCc2nnc(C(C)C)cc2C)cc1.Cc1ccc(CCc2nnc(C(C)C)cc2C)cc1.Cc1ccc([C@H](C)Cc2ccc(C(C)C)nn2)c(C)c1. The van der Waals surface area contributed by atoms with Crippen molar-refractivity contribution in [3.63, 3.8) is 0 Å². The molecule has 1 aliphatic carbocycles. The molecule has 14 nitrogen and oxygen atoms in total. The molecule has 7 aromatic carbocycles. The zero-order valence-corrected chi connectivity index (χ0v) is 89.8. The van der Waals surface area contributed by atoms with Crippen molar-refractivity contribution in [2.75, 3.05) is 0 Å². The standard InChI is InChI=1S/C19H26N2.C18H22N2.2C18H24N2.3C17H22N2/c1-12(2)18-8-7-17(20-21-18)11-16(6)19-14(4)9-13(3)10-15(19)5;1-13(2)17-9-8-16(19-20-17)12-18(10-11-18)15-6-4-14(3)5-7-15;1-12(2)18-9-7-16(19-20-18)11-15(5)17-8-6-13(3)10-14(17)4;1-12(2)18-15(5)14(4)17(19-20-18)11-10-16-8-6-13(3)7-9-16;2*1-12(2)17-11-14(4)16(18-19-17)10-9-15-7-5-13(3)6-8-15;1-12(2)17-10-9-16(18-19-17)8-7-15-6-5-13(3)11-14(15)4/h7-10,12,16H,11H2,1-6H3;4-9,13H,10-12H2,1-3H3;6-10,12,15H,11H2,1-5H3;6-9,12H,10-11H2,1-5H3;2*5-8,11-12H,9-10H2,1-4H3;5-6,9-12H,7-8H2,1-4H3/t16-;;15-;;;;/m1.1..../s1. The van der Waals surface area contributed by atoms with Gasteiger partial charge < -0.3 is 0 Å². The van der Waals surface area contributed by atoms with E-state index in [9.17, 15) is 0 Å². The van der Waals surface area contributed by atoms with E-state index < -0.39 is 0 Å². The molecule has 0 amide bonds. The molecule has 7 aromatic heterocycles. The predicted molar refractivity (Wildman–Crippen MR) is 577 cm³/mol. The van der Waals surface area contributed by atoms with Gasteiger partial charge in [-0.25, -0.2) is 0 Å². The number of aryl methyl sites for hydroxylation is 21. The van der Waals surface area contributed by atoms with Gasteiger partial charge in [-0.1, -0.05) is 295 Å². The lowest BCUT2D eigenvalue weighted by Gasteiger charge is -2.18. The van der Waals surface area contributed by atoms with Gasteiger partial charge in [0, 0.05) is 11.8 Å². The van der Waals surface area contributed by atoms with E-state index in [1.54, 1.807) is 0 Å². The maximum absolute atomic E-state index is 4.44. The summed E-state index contributed by atoms with van der Waals surface area (Å²) in [7, 11) is 0. The van der Waals surface area contributed by atoms with Crippen LogP contribution in [0.5, 0.6) is 0 Å². The number of aromatic nitrogens is 14. The Hall–Kier alpha value is -11.9. The fourth-order valence-electron chi connectivity index (χ4n) is 17.3. The maximum Gasteiger partial charge on any atom is 0.0688 e. The van der Waals surface area contributed by atoms with Crippen molar-refractivity contribution in [3.05, 3.63) is 408 Å². The van der Waals surface area contributed by atoms with Gasteiger partial charge in [-0.2, -0.15) is 71.4 Å². The number of hydrogen-bond donors (Lipinski definition) is 0. The van der Waals surface area contributed by atoms with Gasteiger partial charge in [-0.3, -0.25) is 0 Å². The highest BCUT2D eigenvalue weighted by Crippen LogP contribution is 2.50.